The average Bonchev–Trinajstić information content (AvgIpc) is 3.42. The van der Waals surface area contributed by atoms with Crippen molar-refractivity contribution in [1.29, 1.82) is 0 Å². The van der Waals surface area contributed by atoms with Crippen LogP contribution in [0.25, 0.3) is 33.2 Å². The molecule has 8 nitrogen and oxygen atoms in total. The second-order valence-corrected chi connectivity index (χ2v) is 8.85. The predicted molar refractivity (Wildman–Crippen MR) is 141 cm³/mol. The van der Waals surface area contributed by atoms with Crippen LogP contribution in [0.4, 0.5) is 5.69 Å². The molecule has 8 heteroatoms. The number of primary amides is 1. The maximum absolute atomic E-state index is 13.4. The lowest BCUT2D eigenvalue weighted by atomic mass is 9.91. The van der Waals surface area contributed by atoms with E-state index in [9.17, 15) is 9.59 Å². The van der Waals surface area contributed by atoms with E-state index in [1.165, 1.54) is 0 Å². The van der Waals surface area contributed by atoms with Gasteiger partial charge < -0.3 is 20.7 Å². The Labute approximate surface area is 209 Å². The number of aromatic nitrogens is 2. The van der Waals surface area contributed by atoms with Gasteiger partial charge in [-0.05, 0) is 58.1 Å². The van der Waals surface area contributed by atoms with Gasteiger partial charge in [-0.1, -0.05) is 24.8 Å². The molecule has 3 aromatic carbocycles. The monoisotopic (exact) mass is 481 g/mol. The van der Waals surface area contributed by atoms with Gasteiger partial charge in [0.05, 0.1) is 30.9 Å². The van der Waals surface area contributed by atoms with Crippen molar-refractivity contribution in [3.05, 3.63) is 78.0 Å². The smallest absolute Gasteiger partial charge is 0.256 e. The number of nitrogens with zero attached hydrogens (tertiary/aromatic N) is 3. The van der Waals surface area contributed by atoms with Crippen LogP contribution in [0, 0.1) is 0 Å². The molecule has 2 amide bonds. The molecule has 0 unspecified atom stereocenters. The minimum absolute atomic E-state index is 0.0846. The highest BCUT2D eigenvalue weighted by Gasteiger charge is 2.33. The molecule has 0 spiro atoms. The lowest BCUT2D eigenvalue weighted by Gasteiger charge is -2.16. The molecule has 0 aliphatic carbocycles. The summed E-state index contributed by atoms with van der Waals surface area (Å²) in [6.07, 6.45) is 1.86. The van der Waals surface area contributed by atoms with Gasteiger partial charge in [-0.15, -0.1) is 0 Å². The molecule has 1 aliphatic rings. The lowest BCUT2D eigenvalue weighted by molar-refractivity contribution is -0.114. The second kappa shape index (κ2) is 8.88. The number of amides is 2. The van der Waals surface area contributed by atoms with Gasteiger partial charge in [0.1, 0.15) is 5.75 Å². The first-order valence-electron chi connectivity index (χ1n) is 11.5. The van der Waals surface area contributed by atoms with Crippen molar-refractivity contribution in [2.24, 2.45) is 12.8 Å². The Balaban J connectivity index is 1.69. The van der Waals surface area contributed by atoms with E-state index in [1.807, 2.05) is 54.3 Å². The van der Waals surface area contributed by atoms with Crippen molar-refractivity contribution in [1.82, 2.24) is 14.7 Å². The number of benzene rings is 3. The van der Waals surface area contributed by atoms with Crippen molar-refractivity contribution in [2.75, 3.05) is 26.0 Å². The van der Waals surface area contributed by atoms with Crippen LogP contribution in [-0.2, 0) is 18.4 Å². The van der Waals surface area contributed by atoms with E-state index < -0.39 is 5.91 Å². The average molecular weight is 482 g/mol. The van der Waals surface area contributed by atoms with Crippen molar-refractivity contribution >= 4 is 28.4 Å². The van der Waals surface area contributed by atoms with E-state index in [0.717, 1.165) is 50.2 Å². The van der Waals surface area contributed by atoms with E-state index in [4.69, 9.17) is 10.5 Å². The lowest BCUT2D eigenvalue weighted by Crippen LogP contribution is -2.30. The quantitative estimate of drug-likeness (QED) is 0.389. The van der Waals surface area contributed by atoms with Gasteiger partial charge in [0, 0.05) is 37.3 Å². The number of nitrogens with two attached hydrogens (primary N) is 1. The normalized spacial score (nSPS) is 12.6. The van der Waals surface area contributed by atoms with Crippen LogP contribution in [0.15, 0.2) is 66.9 Å². The third-order valence-corrected chi connectivity index (χ3v) is 6.72. The van der Waals surface area contributed by atoms with Gasteiger partial charge in [-0.3, -0.25) is 14.3 Å². The van der Waals surface area contributed by atoms with Crippen LogP contribution in [0.5, 0.6) is 5.75 Å². The van der Waals surface area contributed by atoms with Crippen molar-refractivity contribution < 1.29 is 14.3 Å². The number of ether oxygens (including phenoxy) is 1. The standard InChI is InChI=1S/C28H27N5O3/c1-16(27(29)34)14-33-15-23-20(8-9-24(30-2)26(23)28(33)35)18-11-21(17-6-5-7-19(10-17)36-4)22-13-31-32(3)25(22)12-18/h5-13,30H,1,14-15H2,2-4H3,(H2,29,34). The van der Waals surface area contributed by atoms with Crippen LogP contribution in [0.1, 0.15) is 15.9 Å². The maximum atomic E-state index is 13.4. The SMILES string of the molecule is C=C(CN1Cc2c(-c3cc(-c4cccc(OC)c4)c4cnn(C)c4c3)ccc(NC)c2C1=O)C(N)=O. The zero-order chi connectivity index (χ0) is 25.6. The molecule has 0 bridgehead atoms. The minimum atomic E-state index is -0.614. The van der Waals surface area contributed by atoms with Gasteiger partial charge in [-0.25, -0.2) is 0 Å². The zero-order valence-electron chi connectivity index (χ0n) is 20.5. The molecule has 182 valence electrons. The van der Waals surface area contributed by atoms with Crippen molar-refractivity contribution in [2.45, 2.75) is 6.54 Å². The summed E-state index contributed by atoms with van der Waals surface area (Å²) < 4.78 is 7.30. The zero-order valence-corrected chi connectivity index (χ0v) is 20.5. The molecule has 0 saturated carbocycles. The minimum Gasteiger partial charge on any atom is -0.497 e. The Morgan fingerprint density at radius 1 is 1.17 bits per heavy atom. The van der Waals surface area contributed by atoms with Crippen LogP contribution in [-0.4, -0.2) is 47.2 Å². The molecule has 0 atom stereocenters. The van der Waals surface area contributed by atoms with Crippen LogP contribution in [0.2, 0.25) is 0 Å². The van der Waals surface area contributed by atoms with E-state index in [1.54, 1.807) is 19.1 Å². The highest BCUT2D eigenvalue weighted by atomic mass is 16.5. The Morgan fingerprint density at radius 2 is 1.97 bits per heavy atom. The third kappa shape index (κ3) is 3.76. The Hall–Kier alpha value is -4.59. The maximum Gasteiger partial charge on any atom is 0.256 e. The van der Waals surface area contributed by atoms with Gasteiger partial charge in [0.25, 0.3) is 5.91 Å². The number of aryl methyl sites for hydroxylation is 1. The number of hydrogen-bond donors (Lipinski definition) is 2. The summed E-state index contributed by atoms with van der Waals surface area (Å²) >= 11 is 0. The van der Waals surface area contributed by atoms with Crippen LogP contribution >= 0.6 is 0 Å². The summed E-state index contributed by atoms with van der Waals surface area (Å²) in [5.41, 5.74) is 12.7. The number of rotatable bonds is 7. The summed E-state index contributed by atoms with van der Waals surface area (Å²) in [5.74, 6) is -0.00392. The van der Waals surface area contributed by atoms with E-state index >= 15 is 0 Å². The fraction of sp³-hybridized carbons (Fsp3) is 0.179. The van der Waals surface area contributed by atoms with E-state index in [2.05, 4.69) is 29.1 Å². The molecular formula is C28H27N5O3. The molecule has 0 fully saturated rings. The number of methoxy groups -OCH3 is 1. The van der Waals surface area contributed by atoms with Gasteiger partial charge >= 0.3 is 0 Å². The summed E-state index contributed by atoms with van der Waals surface area (Å²) in [4.78, 5) is 26.6. The van der Waals surface area contributed by atoms with Gasteiger partial charge in [-0.2, -0.15) is 5.10 Å². The number of anilines is 1. The van der Waals surface area contributed by atoms with Crippen LogP contribution in [0.3, 0.4) is 0 Å². The Kier molecular flexibility index (Phi) is 5.72. The summed E-state index contributed by atoms with van der Waals surface area (Å²) in [6.45, 7) is 4.17. The molecule has 3 N–H and O–H groups in total. The largest absolute Gasteiger partial charge is 0.497 e. The molecule has 2 heterocycles. The molecule has 0 saturated heterocycles. The third-order valence-electron chi connectivity index (χ3n) is 6.72. The number of fused-ring (bicyclic) bond motifs is 2. The van der Waals surface area contributed by atoms with E-state index in [-0.39, 0.29) is 18.0 Å². The summed E-state index contributed by atoms with van der Waals surface area (Å²) in [6, 6.07) is 16.1. The van der Waals surface area contributed by atoms with E-state index in [0.29, 0.717) is 12.1 Å². The first-order valence-corrected chi connectivity index (χ1v) is 11.5. The topological polar surface area (TPSA) is 102 Å². The molecular weight excluding hydrogens is 454 g/mol. The molecule has 36 heavy (non-hydrogen) atoms. The first-order chi connectivity index (χ1) is 17.3. The van der Waals surface area contributed by atoms with Gasteiger partial charge in [0.15, 0.2) is 0 Å². The summed E-state index contributed by atoms with van der Waals surface area (Å²) in [7, 11) is 5.35. The molecule has 0 radical (unpaired) electrons. The molecule has 4 aromatic rings. The predicted octanol–water partition coefficient (Wildman–Crippen LogP) is 3.95. The molecule has 5 rings (SSSR count). The fourth-order valence-corrected chi connectivity index (χ4v) is 4.82. The number of hydrogen-bond acceptors (Lipinski definition) is 5. The highest BCUT2D eigenvalue weighted by Crippen LogP contribution is 2.41. The second-order valence-electron chi connectivity index (χ2n) is 8.85. The molecule has 1 aromatic heterocycles. The summed E-state index contributed by atoms with van der Waals surface area (Å²) in [5, 5.41) is 8.64. The van der Waals surface area contributed by atoms with Gasteiger partial charge in [0.2, 0.25) is 5.91 Å². The number of carbonyl (C=O) groups is 2. The Morgan fingerprint density at radius 3 is 2.69 bits per heavy atom. The first kappa shape index (κ1) is 23.2. The highest BCUT2D eigenvalue weighted by molar-refractivity contribution is 6.07. The number of carbonyl (C=O) groups excluding carboxylic acids is 2. The fourth-order valence-electron chi connectivity index (χ4n) is 4.82. The van der Waals surface area contributed by atoms with Crippen molar-refractivity contribution in [3.8, 4) is 28.0 Å². The van der Waals surface area contributed by atoms with Crippen molar-refractivity contribution in [3.63, 3.8) is 0 Å². The number of nitrogens with one attached hydrogen (secondary N) is 1. The molecule has 1 aliphatic heterocycles. The Bertz CT molecular complexity index is 1550. The van der Waals surface area contributed by atoms with Crippen LogP contribution < -0.4 is 15.8 Å².